The lowest BCUT2D eigenvalue weighted by molar-refractivity contribution is -0.120. The van der Waals surface area contributed by atoms with Gasteiger partial charge in [-0.05, 0) is 49.2 Å². The SMILES string of the molecule is CCC(CC)C(=O)Nc1ccc(C(=O)Nc2ccc(Cl)cn2)cc1. The normalized spacial score (nSPS) is 10.5. The van der Waals surface area contributed by atoms with Crippen molar-refractivity contribution in [3.05, 3.63) is 53.2 Å². The summed E-state index contributed by atoms with van der Waals surface area (Å²) in [5.41, 5.74) is 1.15. The van der Waals surface area contributed by atoms with Crippen LogP contribution in [0.3, 0.4) is 0 Å². The molecule has 0 spiro atoms. The molecule has 0 saturated heterocycles. The molecule has 1 heterocycles. The first-order valence-electron chi connectivity index (χ1n) is 7.87. The van der Waals surface area contributed by atoms with E-state index in [1.54, 1.807) is 36.4 Å². The Morgan fingerprint density at radius 1 is 1.04 bits per heavy atom. The maximum Gasteiger partial charge on any atom is 0.256 e. The van der Waals surface area contributed by atoms with Crippen molar-refractivity contribution in [2.75, 3.05) is 10.6 Å². The summed E-state index contributed by atoms with van der Waals surface area (Å²) in [5, 5.41) is 6.06. The molecule has 0 bridgehead atoms. The molecule has 2 aromatic rings. The van der Waals surface area contributed by atoms with Crippen molar-refractivity contribution in [3.8, 4) is 0 Å². The number of halogens is 1. The molecule has 2 N–H and O–H groups in total. The van der Waals surface area contributed by atoms with Crippen molar-refractivity contribution in [3.63, 3.8) is 0 Å². The van der Waals surface area contributed by atoms with E-state index in [9.17, 15) is 9.59 Å². The van der Waals surface area contributed by atoms with Gasteiger partial charge in [0.25, 0.3) is 5.91 Å². The standard InChI is InChI=1S/C18H20ClN3O2/c1-3-12(4-2)17(23)21-15-8-5-13(6-9-15)18(24)22-16-10-7-14(19)11-20-16/h5-12H,3-4H2,1-2H3,(H,21,23)(H,20,22,24). The first-order chi connectivity index (χ1) is 11.5. The molecule has 0 aliphatic heterocycles. The summed E-state index contributed by atoms with van der Waals surface area (Å²) < 4.78 is 0. The number of benzene rings is 1. The second kappa shape index (κ2) is 8.45. The summed E-state index contributed by atoms with van der Waals surface area (Å²) in [7, 11) is 0. The highest BCUT2D eigenvalue weighted by Gasteiger charge is 2.14. The van der Waals surface area contributed by atoms with Crippen LogP contribution in [0.15, 0.2) is 42.6 Å². The van der Waals surface area contributed by atoms with Crippen molar-refractivity contribution < 1.29 is 9.59 Å². The minimum absolute atomic E-state index is 0.00238. The first-order valence-corrected chi connectivity index (χ1v) is 8.25. The van der Waals surface area contributed by atoms with Crippen molar-refractivity contribution in [2.45, 2.75) is 26.7 Å². The van der Waals surface area contributed by atoms with Gasteiger partial charge in [-0.2, -0.15) is 0 Å². The summed E-state index contributed by atoms with van der Waals surface area (Å²) in [4.78, 5) is 28.2. The van der Waals surface area contributed by atoms with Gasteiger partial charge in [-0.25, -0.2) is 4.98 Å². The average Bonchev–Trinajstić information content (AvgIpc) is 2.58. The van der Waals surface area contributed by atoms with Crippen LogP contribution in [0.5, 0.6) is 0 Å². The van der Waals surface area contributed by atoms with Crippen LogP contribution in [0, 0.1) is 5.92 Å². The Morgan fingerprint density at radius 2 is 1.71 bits per heavy atom. The quantitative estimate of drug-likeness (QED) is 0.817. The van der Waals surface area contributed by atoms with Gasteiger partial charge in [0, 0.05) is 23.4 Å². The third kappa shape index (κ3) is 4.80. The van der Waals surface area contributed by atoms with Crippen molar-refractivity contribution in [1.29, 1.82) is 0 Å². The van der Waals surface area contributed by atoms with Crippen LogP contribution < -0.4 is 10.6 Å². The summed E-state index contributed by atoms with van der Waals surface area (Å²) in [5.74, 6) is 0.157. The average molecular weight is 346 g/mol. The molecule has 1 aromatic heterocycles. The number of carbonyl (C=O) groups excluding carboxylic acids is 2. The molecular weight excluding hydrogens is 326 g/mol. The molecule has 6 heteroatoms. The van der Waals surface area contributed by atoms with E-state index in [2.05, 4.69) is 15.6 Å². The Hall–Kier alpha value is -2.40. The lowest BCUT2D eigenvalue weighted by atomic mass is 10.0. The zero-order valence-corrected chi connectivity index (χ0v) is 14.4. The van der Waals surface area contributed by atoms with E-state index < -0.39 is 0 Å². The number of hydrogen-bond acceptors (Lipinski definition) is 3. The van der Waals surface area contributed by atoms with Crippen molar-refractivity contribution >= 4 is 34.9 Å². The molecule has 0 fully saturated rings. The molecule has 126 valence electrons. The predicted octanol–water partition coefficient (Wildman–Crippen LogP) is 4.36. The van der Waals surface area contributed by atoms with Gasteiger partial charge < -0.3 is 10.6 Å². The van der Waals surface area contributed by atoms with E-state index in [1.807, 2.05) is 13.8 Å². The third-order valence-electron chi connectivity index (χ3n) is 3.74. The lowest BCUT2D eigenvalue weighted by Gasteiger charge is -2.13. The third-order valence-corrected chi connectivity index (χ3v) is 3.96. The van der Waals surface area contributed by atoms with Gasteiger partial charge in [-0.3, -0.25) is 9.59 Å². The van der Waals surface area contributed by atoms with Gasteiger partial charge >= 0.3 is 0 Å². The molecule has 24 heavy (non-hydrogen) atoms. The highest BCUT2D eigenvalue weighted by molar-refractivity contribution is 6.30. The Balaban J connectivity index is 1.99. The molecule has 0 aliphatic carbocycles. The number of aromatic nitrogens is 1. The van der Waals surface area contributed by atoms with Crippen LogP contribution in [0.1, 0.15) is 37.0 Å². The van der Waals surface area contributed by atoms with Crippen LogP contribution in [0.4, 0.5) is 11.5 Å². The highest BCUT2D eigenvalue weighted by Crippen LogP contribution is 2.15. The number of nitrogens with one attached hydrogen (secondary N) is 2. The number of anilines is 2. The molecular formula is C18H20ClN3O2. The summed E-state index contributed by atoms with van der Waals surface area (Å²) >= 11 is 5.76. The molecule has 1 aromatic carbocycles. The zero-order chi connectivity index (χ0) is 17.5. The fraction of sp³-hybridized carbons (Fsp3) is 0.278. The fourth-order valence-corrected chi connectivity index (χ4v) is 2.36. The second-order valence-electron chi connectivity index (χ2n) is 5.40. The molecule has 0 aliphatic rings. The summed E-state index contributed by atoms with van der Waals surface area (Å²) in [6.07, 6.45) is 3.07. The number of nitrogens with zero attached hydrogens (tertiary/aromatic N) is 1. The Bertz CT molecular complexity index is 695. The molecule has 5 nitrogen and oxygen atoms in total. The molecule has 2 amide bonds. The van der Waals surface area contributed by atoms with E-state index >= 15 is 0 Å². The highest BCUT2D eigenvalue weighted by atomic mass is 35.5. The number of amides is 2. The van der Waals surface area contributed by atoms with Crippen LogP contribution in [0.2, 0.25) is 5.02 Å². The van der Waals surface area contributed by atoms with Crippen LogP contribution in [0.25, 0.3) is 0 Å². The van der Waals surface area contributed by atoms with Gasteiger partial charge in [-0.15, -0.1) is 0 Å². The van der Waals surface area contributed by atoms with Gasteiger partial charge in [0.2, 0.25) is 5.91 Å². The molecule has 0 unspecified atom stereocenters. The maximum atomic E-state index is 12.2. The molecule has 2 rings (SSSR count). The zero-order valence-electron chi connectivity index (χ0n) is 13.7. The van der Waals surface area contributed by atoms with E-state index in [4.69, 9.17) is 11.6 Å². The second-order valence-corrected chi connectivity index (χ2v) is 5.83. The van der Waals surface area contributed by atoms with E-state index in [1.165, 1.54) is 6.20 Å². The van der Waals surface area contributed by atoms with E-state index in [0.717, 1.165) is 12.8 Å². The number of hydrogen-bond donors (Lipinski definition) is 2. The van der Waals surface area contributed by atoms with Gasteiger partial charge in [-0.1, -0.05) is 25.4 Å². The minimum atomic E-state index is -0.275. The van der Waals surface area contributed by atoms with Gasteiger partial charge in [0.15, 0.2) is 0 Å². The molecule has 0 saturated carbocycles. The Morgan fingerprint density at radius 3 is 2.25 bits per heavy atom. The van der Waals surface area contributed by atoms with Crippen molar-refractivity contribution in [2.24, 2.45) is 5.92 Å². The van der Waals surface area contributed by atoms with Crippen LogP contribution >= 0.6 is 11.6 Å². The fourth-order valence-electron chi connectivity index (χ4n) is 2.25. The number of rotatable bonds is 6. The molecule has 0 radical (unpaired) electrons. The smallest absolute Gasteiger partial charge is 0.256 e. The number of carbonyl (C=O) groups is 2. The topological polar surface area (TPSA) is 71.1 Å². The van der Waals surface area contributed by atoms with Crippen LogP contribution in [-0.2, 0) is 4.79 Å². The monoisotopic (exact) mass is 345 g/mol. The van der Waals surface area contributed by atoms with E-state index in [0.29, 0.717) is 22.1 Å². The van der Waals surface area contributed by atoms with Gasteiger partial charge in [0.1, 0.15) is 5.82 Å². The number of pyridine rings is 1. The molecule has 0 atom stereocenters. The minimum Gasteiger partial charge on any atom is -0.326 e. The van der Waals surface area contributed by atoms with Crippen LogP contribution in [-0.4, -0.2) is 16.8 Å². The summed E-state index contributed by atoms with van der Waals surface area (Å²) in [6.45, 7) is 3.98. The lowest BCUT2D eigenvalue weighted by Crippen LogP contribution is -2.21. The van der Waals surface area contributed by atoms with Crippen molar-refractivity contribution in [1.82, 2.24) is 4.98 Å². The Kier molecular flexibility index (Phi) is 6.32. The maximum absolute atomic E-state index is 12.2. The predicted molar refractivity (Wildman–Crippen MR) is 96.3 cm³/mol. The van der Waals surface area contributed by atoms with Gasteiger partial charge in [0.05, 0.1) is 5.02 Å². The Labute approximate surface area is 146 Å². The first kappa shape index (κ1) is 17.9. The van der Waals surface area contributed by atoms with E-state index in [-0.39, 0.29) is 17.7 Å². The largest absolute Gasteiger partial charge is 0.326 e. The summed E-state index contributed by atoms with van der Waals surface area (Å²) in [6, 6.07) is 10.0.